The van der Waals surface area contributed by atoms with Crippen molar-refractivity contribution in [2.75, 3.05) is 6.61 Å². The molecule has 3 N–H and O–H groups in total. The molecule has 46 heavy (non-hydrogen) atoms. The number of carbonyl (C=O) groups is 5. The third kappa shape index (κ3) is 7.10. The smallest absolute Gasteiger partial charge is 0.408 e. The summed E-state index contributed by atoms with van der Waals surface area (Å²) >= 11 is 0. The van der Waals surface area contributed by atoms with Crippen LogP contribution in [0.5, 0.6) is 0 Å². The maximum absolute atomic E-state index is 13.7. The normalized spacial score (nSPS) is 34.3. The highest BCUT2D eigenvalue weighted by Crippen LogP contribution is 2.67. The molecule has 0 saturated heterocycles. The van der Waals surface area contributed by atoms with Gasteiger partial charge in [0.1, 0.15) is 22.8 Å². The van der Waals surface area contributed by atoms with Crippen LogP contribution in [-0.4, -0.2) is 75.4 Å². The van der Waals surface area contributed by atoms with Gasteiger partial charge in [-0.05, 0) is 104 Å². The second-order valence-corrected chi connectivity index (χ2v) is 16.0. The topological polar surface area (TPSA) is 166 Å². The van der Waals surface area contributed by atoms with Gasteiger partial charge in [0.05, 0.1) is 6.10 Å². The molecule has 4 aliphatic rings. The van der Waals surface area contributed by atoms with Gasteiger partial charge in [0, 0.05) is 23.2 Å². The summed E-state index contributed by atoms with van der Waals surface area (Å²) in [4.78, 5) is 63.9. The molecule has 4 aliphatic carbocycles. The van der Waals surface area contributed by atoms with Crippen molar-refractivity contribution in [3.8, 4) is 0 Å². The molecule has 0 aromatic carbocycles. The molecule has 1 amide bonds. The minimum atomic E-state index is -1.84. The van der Waals surface area contributed by atoms with Gasteiger partial charge in [-0.1, -0.05) is 25.5 Å². The fourth-order valence-corrected chi connectivity index (χ4v) is 8.50. The monoisotopic (exact) mass is 645 g/mol. The van der Waals surface area contributed by atoms with E-state index in [4.69, 9.17) is 14.2 Å². The largest absolute Gasteiger partial charge is 0.460 e. The van der Waals surface area contributed by atoms with E-state index in [2.05, 4.69) is 12.2 Å². The molecule has 0 unspecified atom stereocenters. The quantitative estimate of drug-likeness (QED) is 0.258. The van der Waals surface area contributed by atoms with E-state index in [1.165, 1.54) is 0 Å². The second-order valence-electron chi connectivity index (χ2n) is 16.0. The number of allylic oxidation sites excluding steroid dienone is 4. The molecule has 11 heteroatoms. The molecule has 3 saturated carbocycles. The van der Waals surface area contributed by atoms with Gasteiger partial charge in [-0.15, -0.1) is 0 Å². The number of hydrogen-bond donors (Lipinski definition) is 3. The first-order chi connectivity index (χ1) is 21.1. The number of aliphatic hydroxyl groups is 2. The number of aliphatic hydroxyl groups excluding tert-OH is 1. The van der Waals surface area contributed by atoms with Crippen LogP contribution in [0.4, 0.5) is 4.79 Å². The van der Waals surface area contributed by atoms with E-state index >= 15 is 0 Å². The molecule has 0 bridgehead atoms. The van der Waals surface area contributed by atoms with Crippen molar-refractivity contribution in [3.63, 3.8) is 0 Å². The summed E-state index contributed by atoms with van der Waals surface area (Å²) in [5.74, 6) is -2.45. The highest BCUT2D eigenvalue weighted by molar-refractivity contribution is 6.01. The lowest BCUT2D eigenvalue weighted by molar-refractivity contribution is -0.181. The number of hydrogen-bond acceptors (Lipinski definition) is 10. The first-order valence-corrected chi connectivity index (χ1v) is 16.4. The number of ether oxygens (including phenoxy) is 3. The zero-order valence-electron chi connectivity index (χ0n) is 28.4. The Labute approximate surface area is 271 Å². The van der Waals surface area contributed by atoms with Gasteiger partial charge < -0.3 is 29.7 Å². The molecule has 11 nitrogen and oxygen atoms in total. The molecular formula is C35H51NO10. The molecule has 0 aromatic rings. The van der Waals surface area contributed by atoms with Crippen molar-refractivity contribution in [1.82, 2.24) is 5.32 Å². The molecule has 4 rings (SSSR count). The van der Waals surface area contributed by atoms with Crippen molar-refractivity contribution in [2.45, 2.75) is 129 Å². The second kappa shape index (κ2) is 12.5. The summed E-state index contributed by atoms with van der Waals surface area (Å²) in [5, 5.41) is 26.0. The maximum atomic E-state index is 13.7. The minimum absolute atomic E-state index is 0.0217. The van der Waals surface area contributed by atoms with Gasteiger partial charge in [-0.2, -0.15) is 0 Å². The third-order valence-electron chi connectivity index (χ3n) is 10.5. The summed E-state index contributed by atoms with van der Waals surface area (Å²) in [7, 11) is 0. The van der Waals surface area contributed by atoms with Gasteiger partial charge in [-0.25, -0.2) is 9.59 Å². The predicted octanol–water partition coefficient (Wildman–Crippen LogP) is 4.12. The molecule has 3 fully saturated rings. The van der Waals surface area contributed by atoms with Crippen LogP contribution >= 0.6 is 0 Å². The third-order valence-corrected chi connectivity index (χ3v) is 10.5. The Morgan fingerprint density at radius 3 is 2.33 bits per heavy atom. The first-order valence-electron chi connectivity index (χ1n) is 16.4. The van der Waals surface area contributed by atoms with Gasteiger partial charge >= 0.3 is 18.0 Å². The summed E-state index contributed by atoms with van der Waals surface area (Å²) in [6.45, 7) is 13.3. The number of nitrogens with one attached hydrogen (secondary N) is 1. The average molecular weight is 646 g/mol. The van der Waals surface area contributed by atoms with Crippen LogP contribution < -0.4 is 5.32 Å². The molecule has 256 valence electrons. The Kier molecular flexibility index (Phi) is 9.75. The Bertz CT molecular complexity index is 1320. The number of rotatable bonds is 8. The maximum Gasteiger partial charge on any atom is 0.408 e. The van der Waals surface area contributed by atoms with Crippen molar-refractivity contribution in [1.29, 1.82) is 0 Å². The fraction of sp³-hybridized carbons (Fsp3) is 0.743. The lowest BCUT2D eigenvalue weighted by atomic mass is 9.46. The van der Waals surface area contributed by atoms with E-state index in [0.29, 0.717) is 12.8 Å². The van der Waals surface area contributed by atoms with Crippen molar-refractivity contribution >= 4 is 29.6 Å². The Morgan fingerprint density at radius 2 is 1.70 bits per heavy atom. The van der Waals surface area contributed by atoms with Gasteiger partial charge in [0.15, 0.2) is 12.4 Å². The van der Waals surface area contributed by atoms with E-state index in [0.717, 1.165) is 12.0 Å². The lowest BCUT2D eigenvalue weighted by Gasteiger charge is -2.59. The Hall–Kier alpha value is -3.05. The van der Waals surface area contributed by atoms with E-state index in [9.17, 15) is 34.2 Å². The number of amides is 1. The van der Waals surface area contributed by atoms with Crippen LogP contribution in [0.3, 0.4) is 0 Å². The molecule has 0 spiro atoms. The first kappa shape index (κ1) is 35.8. The van der Waals surface area contributed by atoms with E-state index < -0.39 is 70.2 Å². The van der Waals surface area contributed by atoms with Crippen molar-refractivity contribution in [3.05, 3.63) is 23.8 Å². The van der Waals surface area contributed by atoms with E-state index in [1.54, 1.807) is 53.7 Å². The Morgan fingerprint density at radius 1 is 1.04 bits per heavy atom. The summed E-state index contributed by atoms with van der Waals surface area (Å²) in [5.41, 5.74) is -3.86. The zero-order chi connectivity index (χ0) is 34.5. The molecule has 0 aromatic heterocycles. The average Bonchev–Trinajstić information content (AvgIpc) is 3.18. The zero-order valence-corrected chi connectivity index (χ0v) is 28.4. The fourth-order valence-electron chi connectivity index (χ4n) is 8.50. The number of fused-ring (bicyclic) bond motifs is 5. The summed E-state index contributed by atoms with van der Waals surface area (Å²) < 4.78 is 16.0. The van der Waals surface area contributed by atoms with Crippen LogP contribution in [0.15, 0.2) is 23.8 Å². The SMILES string of the molecule is CC(C)(C)OC(=O)CC[C@@H](NC(=O)OC(C)(C)C)C(=O)OCC(=O)[C@@]1(O)CC[C@H]2[C@@H]3CCC4=CC(=O)C=C[C@]4(C)[C@H]3[C@H](O)C[C@@]21C. The van der Waals surface area contributed by atoms with Crippen LogP contribution in [0.2, 0.25) is 0 Å². The number of alkyl carbamates (subject to hydrolysis) is 1. The summed E-state index contributed by atoms with van der Waals surface area (Å²) in [6.07, 6.45) is 5.41. The highest BCUT2D eigenvalue weighted by atomic mass is 16.6. The van der Waals surface area contributed by atoms with Crippen molar-refractivity contribution in [2.24, 2.45) is 28.6 Å². The molecule has 0 radical (unpaired) electrons. The van der Waals surface area contributed by atoms with Crippen LogP contribution in [0.25, 0.3) is 0 Å². The minimum Gasteiger partial charge on any atom is -0.460 e. The number of Topliss-reactive ketones (excluding diaryl/α,β-unsaturated/α-hetero) is 1. The number of carbonyl (C=O) groups excluding carboxylic acids is 5. The predicted molar refractivity (Wildman–Crippen MR) is 167 cm³/mol. The van der Waals surface area contributed by atoms with Gasteiger partial charge in [0.25, 0.3) is 0 Å². The molecule has 0 heterocycles. The molecule has 8 atom stereocenters. The van der Waals surface area contributed by atoms with Gasteiger partial charge in [0.2, 0.25) is 5.78 Å². The standard InChI is InChI=1S/C35H51NO10/c1-31(2,3)45-27(40)12-11-24(36-30(42)46-32(4,5)6)29(41)44-19-26(39)35(43)16-14-23-22-10-9-20-17-21(37)13-15-33(20,7)28(22)25(38)18-34(23,35)8/h13,15,17,22-25,28,38,43H,9-12,14,16,18-19H2,1-8H3,(H,36,42)/t22-,23-,24+,25+,28+,33-,34-,35-/m0/s1. The Balaban J connectivity index is 1.46. The highest BCUT2D eigenvalue weighted by Gasteiger charge is 2.68. The van der Waals surface area contributed by atoms with Crippen molar-refractivity contribution < 1.29 is 48.4 Å². The number of ketones is 2. The van der Waals surface area contributed by atoms with E-state index in [1.807, 2.05) is 13.0 Å². The molecule has 0 aliphatic heterocycles. The number of esters is 2. The summed E-state index contributed by atoms with van der Waals surface area (Å²) in [6, 6.07) is -1.31. The van der Waals surface area contributed by atoms with E-state index in [-0.39, 0.29) is 49.2 Å². The lowest BCUT2D eigenvalue weighted by Crippen LogP contribution is -2.61. The van der Waals surface area contributed by atoms with Gasteiger partial charge in [-0.3, -0.25) is 14.4 Å². The molecular weight excluding hydrogens is 594 g/mol. The van der Waals surface area contributed by atoms with Crippen LogP contribution in [0, 0.1) is 28.6 Å². The van der Waals surface area contributed by atoms with Crippen LogP contribution in [0.1, 0.15) is 100 Å². The van der Waals surface area contributed by atoms with Crippen LogP contribution in [-0.2, 0) is 33.4 Å².